The molecule has 0 spiro atoms. The number of fused-ring (bicyclic) bond motifs is 2. The van der Waals surface area contributed by atoms with Crippen molar-refractivity contribution in [1.29, 1.82) is 21.0 Å². The van der Waals surface area contributed by atoms with Gasteiger partial charge in [-0.3, -0.25) is 70.0 Å². The first-order valence-electron chi connectivity index (χ1n) is 43.7. The summed E-state index contributed by atoms with van der Waals surface area (Å²) in [5.74, 6) is 5.66. The van der Waals surface area contributed by atoms with Gasteiger partial charge < -0.3 is 47.3 Å². The zero-order valence-corrected chi connectivity index (χ0v) is 87.8. The van der Waals surface area contributed by atoms with Crippen molar-refractivity contribution in [3.05, 3.63) is 367 Å². The number of rotatable bonds is 18. The number of pyridine rings is 8. The van der Waals surface area contributed by atoms with Crippen molar-refractivity contribution < 1.29 is 91.2 Å². The number of aryl methyl sites for hydroxylation is 4. The first-order chi connectivity index (χ1) is 66.7. The Morgan fingerprint density at radius 3 is 1.15 bits per heavy atom. The molecule has 0 bridgehead atoms. The monoisotopic (exact) mass is 2260 g/mol. The normalized spacial score (nSPS) is 11.2. The molecule has 18 rings (SSSR count). The van der Waals surface area contributed by atoms with Crippen molar-refractivity contribution in [3.63, 3.8) is 0 Å². The molecule has 0 aliphatic carbocycles. The van der Waals surface area contributed by atoms with Crippen LogP contribution >= 0.6 is 0 Å². The molecule has 18 aromatic rings. The summed E-state index contributed by atoms with van der Waals surface area (Å²) in [7, 11) is 3.28. The first kappa shape index (κ1) is 108. The summed E-state index contributed by atoms with van der Waals surface area (Å²) in [6.07, 6.45) is 24.2. The van der Waals surface area contributed by atoms with Gasteiger partial charge in [-0.2, -0.15) is 5.26 Å². The van der Waals surface area contributed by atoms with Crippen LogP contribution in [0.25, 0.3) is 87.7 Å². The van der Waals surface area contributed by atoms with E-state index in [1.807, 2.05) is 169 Å². The number of ether oxygens (including phenoxy) is 2. The van der Waals surface area contributed by atoms with Gasteiger partial charge in [0.05, 0.1) is 97.4 Å². The number of hydrogen-bond acceptors (Lipinski definition) is 22. The van der Waals surface area contributed by atoms with Crippen molar-refractivity contribution in [3.8, 4) is 82.3 Å². The molecule has 0 saturated heterocycles. The van der Waals surface area contributed by atoms with E-state index in [0.29, 0.717) is 80.4 Å². The van der Waals surface area contributed by atoms with Crippen LogP contribution in [-0.2, 0) is 114 Å². The molecule has 34 nitrogen and oxygen atoms in total. The van der Waals surface area contributed by atoms with Crippen molar-refractivity contribution in [2.24, 2.45) is 0 Å². The summed E-state index contributed by atoms with van der Waals surface area (Å²) >= 11 is 0. The first-order valence-corrected chi connectivity index (χ1v) is 43.7. The molecule has 0 aliphatic heterocycles. The number of methoxy groups -OCH3 is 2. The van der Waals surface area contributed by atoms with Crippen LogP contribution in [-0.4, -0.2) is 132 Å². The van der Waals surface area contributed by atoms with E-state index in [1.54, 1.807) is 69.3 Å². The van der Waals surface area contributed by atoms with Gasteiger partial charge in [-0.1, -0.05) is 169 Å². The Kier molecular flexibility index (Phi) is 33.2. The zero-order valence-electron chi connectivity index (χ0n) is 81.6. The Morgan fingerprint density at radius 1 is 0.333 bits per heavy atom. The number of nitriles is 4. The molecule has 0 N–H and O–H groups in total. The molecule has 2 aromatic carbocycles. The van der Waals surface area contributed by atoms with Crippen LogP contribution in [0.15, 0.2) is 170 Å². The zero-order chi connectivity index (χ0) is 100. The van der Waals surface area contributed by atoms with E-state index in [9.17, 15) is 15.8 Å². The summed E-state index contributed by atoms with van der Waals surface area (Å²) in [5, 5.41) is 74.1. The number of benzene rings is 2. The molecule has 724 valence electrons. The van der Waals surface area contributed by atoms with Gasteiger partial charge in [0.2, 0.25) is 0 Å². The van der Waals surface area contributed by atoms with Gasteiger partial charge in [-0.05, 0) is 194 Å². The third-order valence-electron chi connectivity index (χ3n) is 23.0. The SMILES string of the molecule is COc1cc(-n2[c-]c3ccccc3n2)nc(C(C)(C)c2cc(OC)cc(-n3[c-]c4ccccc4n3)n2)c1.Cc1ccc(-n2[c-]cc(C(C)(C)C)n2)nc1C(C)(C)c1nc(-n2[c-]cc(C(C)(C)C)n2)ccc1C.[C-]#[N+]c1[c-]n(-c2cc(C)cc(C(C)(C)c3cc(C)cc(-n4[c-]c(C#N)c([N+]#[C-])n4)n3)n2)nc1C#N.[C-]#[N+]c1cc(-n2[c-]cc([N+]#[C-])n2)nc(C(C)(C)c2cc(C#N)cc(-n3[c-]cc(C#N)n3)n2)c1.[Pd+2].[Pd+2].[Pd+2].[Pd+2]. The fraction of sp³-hybridized carbons (Fsp3) is 0.245. The maximum Gasteiger partial charge on any atom is 2.00 e. The minimum atomic E-state index is -0.835. The average molecular weight is 2270 g/mol. The molecule has 38 heteroatoms. The van der Waals surface area contributed by atoms with Crippen LogP contribution in [0.3, 0.4) is 0 Å². The maximum absolute atomic E-state index is 9.56. The van der Waals surface area contributed by atoms with Crippen LogP contribution in [0.2, 0.25) is 0 Å². The van der Waals surface area contributed by atoms with E-state index >= 15 is 0 Å². The molecule has 16 heterocycles. The predicted molar refractivity (Wildman–Crippen MR) is 518 cm³/mol. The fourth-order valence-corrected chi connectivity index (χ4v) is 14.9. The molecule has 0 saturated carbocycles. The number of nitrogens with zero attached hydrogens (tertiary/aromatic N) is 32. The molecule has 144 heavy (non-hydrogen) atoms. The van der Waals surface area contributed by atoms with E-state index in [4.69, 9.17) is 81.1 Å². The molecular weight excluding hydrogens is 2180 g/mol. The van der Waals surface area contributed by atoms with Gasteiger partial charge in [0.1, 0.15) is 17.2 Å². The summed E-state index contributed by atoms with van der Waals surface area (Å²) in [4.78, 5) is 52.2. The van der Waals surface area contributed by atoms with Gasteiger partial charge in [-0.15, -0.1) is 53.2 Å². The van der Waals surface area contributed by atoms with Gasteiger partial charge in [0, 0.05) is 108 Å². The average Bonchev–Trinajstić information content (AvgIpc) is 0.866. The molecule has 0 radical (unpaired) electrons. The minimum absolute atomic E-state index is 0. The molecule has 0 unspecified atom stereocenters. The molecule has 0 aliphatic rings. The maximum atomic E-state index is 9.56. The largest absolute Gasteiger partial charge is 2.00 e. The van der Waals surface area contributed by atoms with Gasteiger partial charge in [0.15, 0.2) is 5.69 Å². The molecule has 0 amide bonds. The van der Waals surface area contributed by atoms with Crippen molar-refractivity contribution in [1.82, 2.24) is 118 Å². The van der Waals surface area contributed by atoms with Crippen LogP contribution < -0.4 is 9.47 Å². The predicted octanol–water partition coefficient (Wildman–Crippen LogP) is 18.9. The smallest absolute Gasteiger partial charge is 0.497 e. The van der Waals surface area contributed by atoms with Crippen LogP contribution in [0.4, 0.5) is 23.0 Å². The summed E-state index contributed by atoms with van der Waals surface area (Å²) in [6.45, 7) is 66.1. The summed E-state index contributed by atoms with van der Waals surface area (Å²) in [6, 6.07) is 59.8. The van der Waals surface area contributed by atoms with E-state index < -0.39 is 21.7 Å². The van der Waals surface area contributed by atoms with E-state index in [1.165, 1.54) is 30.9 Å². The van der Waals surface area contributed by atoms with Crippen molar-refractivity contribution in [2.45, 2.75) is 157 Å². The van der Waals surface area contributed by atoms with E-state index in [2.05, 4.69) is 211 Å². The van der Waals surface area contributed by atoms with Gasteiger partial charge in [0.25, 0.3) is 11.6 Å². The van der Waals surface area contributed by atoms with Crippen LogP contribution in [0.5, 0.6) is 11.5 Å². The van der Waals surface area contributed by atoms with Crippen molar-refractivity contribution >= 4 is 44.8 Å². The molecule has 16 aromatic heterocycles. The topological polar surface area (TPSA) is 377 Å². The van der Waals surface area contributed by atoms with E-state index in [-0.39, 0.29) is 127 Å². The fourth-order valence-electron chi connectivity index (χ4n) is 14.9. The Morgan fingerprint density at radius 2 is 0.750 bits per heavy atom. The number of aromatic nitrogens is 24. The summed E-state index contributed by atoms with van der Waals surface area (Å²) in [5.41, 5.74) is 11.7. The van der Waals surface area contributed by atoms with Crippen molar-refractivity contribution in [2.75, 3.05) is 14.2 Å². The van der Waals surface area contributed by atoms with Gasteiger partial charge in [-0.25, -0.2) is 35.3 Å². The summed E-state index contributed by atoms with van der Waals surface area (Å²) < 4.78 is 23.3. The molecule has 0 atom stereocenters. The van der Waals surface area contributed by atoms with Crippen LogP contribution in [0.1, 0.15) is 199 Å². The minimum Gasteiger partial charge on any atom is -0.497 e. The van der Waals surface area contributed by atoms with Gasteiger partial charge >= 0.3 is 81.7 Å². The quantitative estimate of drug-likeness (QED) is 0.0568. The third kappa shape index (κ3) is 23.1. The standard InChI is InChI=1S/C29H24N6O2.C29H36N6.C25H16N10.C23H12N10.4Pd/c1-29(2,25-13-21(36-3)15-27(30-25)34-17-19-9-5-7-11-23(19)32-34)26-14-22(37-4)16-28(31-26)35-18-20-10-6-8-12-24(20)33-35;1-19-11-13-23(34-17-15-21(32-34)27(3,4)5)30-25(19)29(9,10)26-20(2)12-14-24(31-26)35-18-16-22(33-35)28(6,7)8;1-15-7-20(30-22(9-15)34-13-17(11-26)24(29-6)33-34)25(3,4)21-8-16(2)10-23(31-21)35-14-19(28-5)18(12-27)32-35;1-23(2,18-9-15(13-24)10-21(28-18)32-7-5-16(14-25)30-32)19-11-17(26-3)12-22(29-19)33-8-6-20(27-4)31-33;;;;/h5-16H,1-4H3;11-16H,1-10H3;7-10H,1-4H3;5-6,9-12H,1-2H3;;;;/q4*-2;4*+2. The third-order valence-corrected chi connectivity index (χ3v) is 23.0. The molecular formula is C106H88N32O2Pd4. The van der Waals surface area contributed by atoms with Crippen LogP contribution in [0, 0.1) is 149 Å². The number of hydrogen-bond donors (Lipinski definition) is 0. The van der Waals surface area contributed by atoms with E-state index in [0.717, 1.165) is 89.9 Å². The Labute approximate surface area is 888 Å². The Bertz CT molecular complexity index is 7630. The second kappa shape index (κ2) is 44.0. The Hall–Kier alpha value is -16.0. The Balaban J connectivity index is 0.000000181. The second-order valence-electron chi connectivity index (χ2n) is 36.8. The molecule has 0 fully saturated rings. The second-order valence-corrected chi connectivity index (χ2v) is 36.8.